The maximum atomic E-state index is 6.32. The molecular formula is C15H19Cl2N3. The molecule has 108 valence electrons. The van der Waals surface area contributed by atoms with Gasteiger partial charge in [0, 0.05) is 11.6 Å². The average molecular weight is 312 g/mol. The summed E-state index contributed by atoms with van der Waals surface area (Å²) in [4.78, 5) is 0. The van der Waals surface area contributed by atoms with Gasteiger partial charge in [-0.05, 0) is 37.6 Å². The summed E-state index contributed by atoms with van der Waals surface area (Å²) < 4.78 is 1.96. The molecule has 1 aromatic heterocycles. The highest BCUT2D eigenvalue weighted by Crippen LogP contribution is 2.30. The fraction of sp³-hybridized carbons (Fsp3) is 0.400. The second-order valence-corrected chi connectivity index (χ2v) is 5.65. The highest BCUT2D eigenvalue weighted by Gasteiger charge is 2.21. The van der Waals surface area contributed by atoms with Gasteiger partial charge in [-0.2, -0.15) is 5.10 Å². The summed E-state index contributed by atoms with van der Waals surface area (Å²) in [6.07, 6.45) is 2.71. The predicted molar refractivity (Wildman–Crippen MR) is 84.6 cm³/mol. The van der Waals surface area contributed by atoms with E-state index in [0.29, 0.717) is 5.02 Å². The zero-order chi connectivity index (χ0) is 14.7. The Bertz CT molecular complexity index is 593. The predicted octanol–water partition coefficient (Wildman–Crippen LogP) is 4.22. The molecule has 0 aliphatic rings. The first-order chi connectivity index (χ1) is 9.58. The van der Waals surface area contributed by atoms with Crippen molar-refractivity contribution in [3.05, 3.63) is 51.3 Å². The van der Waals surface area contributed by atoms with E-state index in [0.717, 1.165) is 34.8 Å². The molecule has 2 aromatic rings. The number of hydrogen-bond acceptors (Lipinski definition) is 2. The minimum absolute atomic E-state index is 0.0188. The zero-order valence-corrected chi connectivity index (χ0v) is 13.5. The summed E-state index contributed by atoms with van der Waals surface area (Å²) in [7, 11) is 1.91. The monoisotopic (exact) mass is 311 g/mol. The Morgan fingerprint density at radius 1 is 1.30 bits per heavy atom. The first kappa shape index (κ1) is 15.4. The molecule has 0 spiro atoms. The Labute approximate surface area is 129 Å². The molecule has 0 saturated carbocycles. The van der Waals surface area contributed by atoms with Crippen LogP contribution in [-0.2, 0) is 6.54 Å². The molecule has 1 aromatic carbocycles. The third-order valence-corrected chi connectivity index (χ3v) is 4.06. The molecule has 1 heterocycles. The van der Waals surface area contributed by atoms with Crippen molar-refractivity contribution in [1.82, 2.24) is 15.1 Å². The van der Waals surface area contributed by atoms with Gasteiger partial charge in [-0.1, -0.05) is 42.3 Å². The molecule has 0 radical (unpaired) electrons. The molecule has 1 atom stereocenters. The van der Waals surface area contributed by atoms with Crippen LogP contribution < -0.4 is 5.32 Å². The average Bonchev–Trinajstić information content (AvgIpc) is 2.77. The third-order valence-electron chi connectivity index (χ3n) is 3.36. The molecule has 0 saturated heterocycles. The smallest absolute Gasteiger partial charge is 0.0837 e. The molecule has 1 N–H and O–H groups in total. The molecule has 20 heavy (non-hydrogen) atoms. The van der Waals surface area contributed by atoms with Gasteiger partial charge < -0.3 is 5.32 Å². The van der Waals surface area contributed by atoms with Crippen LogP contribution in [0.1, 0.15) is 36.2 Å². The van der Waals surface area contributed by atoms with E-state index >= 15 is 0 Å². The van der Waals surface area contributed by atoms with Crippen molar-refractivity contribution in [3.8, 4) is 0 Å². The number of rotatable bonds is 5. The van der Waals surface area contributed by atoms with Gasteiger partial charge in [-0.25, -0.2) is 0 Å². The number of halogens is 2. The van der Waals surface area contributed by atoms with Gasteiger partial charge >= 0.3 is 0 Å². The highest BCUT2D eigenvalue weighted by molar-refractivity contribution is 6.31. The zero-order valence-electron chi connectivity index (χ0n) is 12.0. The molecule has 0 bridgehead atoms. The van der Waals surface area contributed by atoms with E-state index in [1.807, 2.05) is 30.8 Å². The van der Waals surface area contributed by atoms with Crippen molar-refractivity contribution < 1.29 is 0 Å². The second-order valence-electron chi connectivity index (χ2n) is 4.83. The van der Waals surface area contributed by atoms with Crippen molar-refractivity contribution in [2.24, 2.45) is 0 Å². The summed E-state index contributed by atoms with van der Waals surface area (Å²) in [6, 6.07) is 6.06. The second kappa shape index (κ2) is 6.61. The Morgan fingerprint density at radius 2 is 2.05 bits per heavy atom. The SMILES string of the molecule is CCCn1ncc(Cl)c1C(NC)c1ccc(C)c(Cl)c1. The van der Waals surface area contributed by atoms with E-state index in [2.05, 4.69) is 23.4 Å². The van der Waals surface area contributed by atoms with Crippen LogP contribution in [0, 0.1) is 6.92 Å². The lowest BCUT2D eigenvalue weighted by atomic mass is 10.0. The van der Waals surface area contributed by atoms with Gasteiger partial charge in [-0.3, -0.25) is 4.68 Å². The van der Waals surface area contributed by atoms with Gasteiger partial charge in [0.25, 0.3) is 0 Å². The molecule has 0 fully saturated rings. The number of nitrogens with one attached hydrogen (secondary N) is 1. The summed E-state index contributed by atoms with van der Waals surface area (Å²) in [6.45, 7) is 4.96. The largest absolute Gasteiger partial charge is 0.308 e. The van der Waals surface area contributed by atoms with Crippen molar-refractivity contribution >= 4 is 23.2 Å². The quantitative estimate of drug-likeness (QED) is 0.896. The highest BCUT2D eigenvalue weighted by atomic mass is 35.5. The van der Waals surface area contributed by atoms with E-state index in [1.165, 1.54) is 0 Å². The van der Waals surface area contributed by atoms with Crippen molar-refractivity contribution in [1.29, 1.82) is 0 Å². The first-order valence-electron chi connectivity index (χ1n) is 6.73. The fourth-order valence-corrected chi connectivity index (χ4v) is 2.74. The molecule has 0 aliphatic carbocycles. The number of aromatic nitrogens is 2. The molecule has 0 aliphatic heterocycles. The molecule has 2 rings (SSSR count). The Morgan fingerprint density at radius 3 is 2.65 bits per heavy atom. The van der Waals surface area contributed by atoms with E-state index in [4.69, 9.17) is 23.2 Å². The summed E-state index contributed by atoms with van der Waals surface area (Å²) in [5.74, 6) is 0. The van der Waals surface area contributed by atoms with E-state index < -0.39 is 0 Å². The maximum absolute atomic E-state index is 6.32. The Hall–Kier alpha value is -1.03. The summed E-state index contributed by atoms with van der Waals surface area (Å²) >= 11 is 12.6. The number of aryl methyl sites for hydroxylation is 2. The third kappa shape index (κ3) is 3.00. The minimum Gasteiger partial charge on any atom is -0.308 e. The fourth-order valence-electron chi connectivity index (χ4n) is 2.30. The Kier molecular flexibility index (Phi) is 5.08. The van der Waals surface area contributed by atoms with Crippen LogP contribution in [0.3, 0.4) is 0 Å². The van der Waals surface area contributed by atoms with Crippen LogP contribution in [0.2, 0.25) is 10.0 Å². The molecule has 5 heteroatoms. The molecular weight excluding hydrogens is 293 g/mol. The standard InChI is InChI=1S/C15H19Cl2N3/c1-4-7-20-15(13(17)9-19-20)14(18-3)11-6-5-10(2)12(16)8-11/h5-6,8-9,14,18H,4,7H2,1-3H3. The topological polar surface area (TPSA) is 29.9 Å². The van der Waals surface area contributed by atoms with Gasteiger partial charge in [0.1, 0.15) is 0 Å². The Balaban J connectivity index is 2.46. The van der Waals surface area contributed by atoms with E-state index in [1.54, 1.807) is 6.20 Å². The van der Waals surface area contributed by atoms with Gasteiger partial charge in [-0.15, -0.1) is 0 Å². The van der Waals surface area contributed by atoms with Crippen molar-refractivity contribution in [2.45, 2.75) is 32.9 Å². The number of nitrogens with zero attached hydrogens (tertiary/aromatic N) is 2. The van der Waals surface area contributed by atoms with Crippen molar-refractivity contribution in [2.75, 3.05) is 7.05 Å². The van der Waals surface area contributed by atoms with Crippen LogP contribution in [0.15, 0.2) is 24.4 Å². The van der Waals surface area contributed by atoms with E-state index in [-0.39, 0.29) is 6.04 Å². The van der Waals surface area contributed by atoms with Gasteiger partial charge in [0.05, 0.1) is 23.0 Å². The normalized spacial score (nSPS) is 12.7. The van der Waals surface area contributed by atoms with Crippen LogP contribution in [-0.4, -0.2) is 16.8 Å². The van der Waals surface area contributed by atoms with Crippen LogP contribution >= 0.6 is 23.2 Å². The molecule has 3 nitrogen and oxygen atoms in total. The lowest BCUT2D eigenvalue weighted by Crippen LogP contribution is -2.22. The molecule has 0 amide bonds. The number of benzene rings is 1. The number of hydrogen-bond donors (Lipinski definition) is 1. The summed E-state index contributed by atoms with van der Waals surface area (Å²) in [5.41, 5.74) is 3.14. The van der Waals surface area contributed by atoms with Gasteiger partial charge in [0.2, 0.25) is 0 Å². The van der Waals surface area contributed by atoms with E-state index in [9.17, 15) is 0 Å². The summed E-state index contributed by atoms with van der Waals surface area (Å²) in [5, 5.41) is 9.09. The van der Waals surface area contributed by atoms with Crippen LogP contribution in [0.5, 0.6) is 0 Å². The lowest BCUT2D eigenvalue weighted by Gasteiger charge is -2.19. The minimum atomic E-state index is -0.0188. The first-order valence-corrected chi connectivity index (χ1v) is 7.48. The van der Waals surface area contributed by atoms with Crippen LogP contribution in [0.25, 0.3) is 0 Å². The molecule has 1 unspecified atom stereocenters. The van der Waals surface area contributed by atoms with Gasteiger partial charge in [0.15, 0.2) is 0 Å². The lowest BCUT2D eigenvalue weighted by molar-refractivity contribution is 0.535. The van der Waals surface area contributed by atoms with Crippen LogP contribution in [0.4, 0.5) is 0 Å². The maximum Gasteiger partial charge on any atom is 0.0837 e. The van der Waals surface area contributed by atoms with Crippen molar-refractivity contribution in [3.63, 3.8) is 0 Å².